The molecule has 0 aromatic carbocycles. The molecule has 4 heteroatoms. The van der Waals surface area contributed by atoms with E-state index in [9.17, 15) is 4.79 Å². The molecule has 0 unspecified atom stereocenters. The van der Waals surface area contributed by atoms with Gasteiger partial charge in [-0.25, -0.2) is 4.79 Å². The van der Waals surface area contributed by atoms with E-state index in [0.29, 0.717) is 5.56 Å². The Balaban J connectivity index is 3.19. The molecule has 0 amide bonds. The summed E-state index contributed by atoms with van der Waals surface area (Å²) in [5, 5.41) is 8.95. The van der Waals surface area contributed by atoms with Gasteiger partial charge >= 0.3 is 5.63 Å². The van der Waals surface area contributed by atoms with Crippen molar-refractivity contribution in [1.82, 2.24) is 0 Å². The summed E-state index contributed by atoms with van der Waals surface area (Å²) in [7, 11) is 0. The standard InChI is InChI=1S/C6H5ClO3/c7-2-4-3-10-6(9)1-5(4)8/h1,3,8H,2H2. The summed E-state index contributed by atoms with van der Waals surface area (Å²) in [6.45, 7) is 0. The van der Waals surface area contributed by atoms with E-state index in [2.05, 4.69) is 4.42 Å². The SMILES string of the molecule is O=c1cc(O)c(CCl)co1. The predicted molar refractivity (Wildman–Crippen MR) is 36.2 cm³/mol. The Bertz CT molecular complexity index is 279. The Morgan fingerprint density at radius 2 is 2.40 bits per heavy atom. The molecule has 1 N–H and O–H groups in total. The fourth-order valence-electron chi connectivity index (χ4n) is 0.528. The topological polar surface area (TPSA) is 50.4 Å². The summed E-state index contributed by atoms with van der Waals surface area (Å²) in [5.41, 5.74) is -0.160. The molecule has 10 heavy (non-hydrogen) atoms. The first-order valence-corrected chi connectivity index (χ1v) is 3.14. The van der Waals surface area contributed by atoms with Crippen LogP contribution < -0.4 is 5.63 Å². The summed E-state index contributed by atoms with van der Waals surface area (Å²) in [6, 6.07) is 0.984. The zero-order chi connectivity index (χ0) is 7.56. The van der Waals surface area contributed by atoms with Gasteiger partial charge in [0.1, 0.15) is 12.0 Å². The smallest absolute Gasteiger partial charge is 0.339 e. The van der Waals surface area contributed by atoms with Crippen molar-refractivity contribution in [3.05, 3.63) is 28.3 Å². The van der Waals surface area contributed by atoms with Crippen LogP contribution in [0.3, 0.4) is 0 Å². The molecule has 1 heterocycles. The molecule has 1 rings (SSSR count). The Morgan fingerprint density at radius 1 is 1.70 bits per heavy atom. The van der Waals surface area contributed by atoms with Crippen molar-refractivity contribution in [3.8, 4) is 5.75 Å². The van der Waals surface area contributed by atoms with Crippen molar-refractivity contribution >= 4 is 11.6 Å². The van der Waals surface area contributed by atoms with E-state index in [1.54, 1.807) is 0 Å². The van der Waals surface area contributed by atoms with Crippen molar-refractivity contribution in [2.75, 3.05) is 0 Å². The monoisotopic (exact) mass is 160 g/mol. The number of halogens is 1. The molecule has 0 fully saturated rings. The Labute approximate surface area is 61.9 Å². The molecule has 0 spiro atoms. The maximum absolute atomic E-state index is 10.4. The highest BCUT2D eigenvalue weighted by molar-refractivity contribution is 6.17. The van der Waals surface area contributed by atoms with E-state index in [1.807, 2.05) is 0 Å². The van der Waals surface area contributed by atoms with Gasteiger partial charge in [0.05, 0.1) is 11.9 Å². The van der Waals surface area contributed by atoms with Crippen LogP contribution in [0.15, 0.2) is 21.5 Å². The number of aromatic hydroxyl groups is 1. The van der Waals surface area contributed by atoms with Gasteiger partial charge in [0.25, 0.3) is 0 Å². The van der Waals surface area contributed by atoms with Gasteiger partial charge in [-0.1, -0.05) is 0 Å². The number of rotatable bonds is 1. The average Bonchev–Trinajstić information content (AvgIpc) is 1.88. The molecule has 0 atom stereocenters. The van der Waals surface area contributed by atoms with Crippen molar-refractivity contribution in [1.29, 1.82) is 0 Å². The van der Waals surface area contributed by atoms with E-state index in [4.69, 9.17) is 16.7 Å². The molecular formula is C6H5ClO3. The third-order valence-corrected chi connectivity index (χ3v) is 1.33. The van der Waals surface area contributed by atoms with Crippen LogP contribution in [0.2, 0.25) is 0 Å². The fourth-order valence-corrected chi connectivity index (χ4v) is 0.728. The third-order valence-electron chi connectivity index (χ3n) is 1.04. The second-order valence-corrected chi connectivity index (χ2v) is 2.01. The number of hydrogen-bond donors (Lipinski definition) is 1. The van der Waals surface area contributed by atoms with E-state index in [-0.39, 0.29) is 11.6 Å². The highest BCUT2D eigenvalue weighted by Crippen LogP contribution is 2.14. The Morgan fingerprint density at radius 3 is 2.90 bits per heavy atom. The minimum absolute atomic E-state index is 0.119. The van der Waals surface area contributed by atoms with Crippen LogP contribution in [0.1, 0.15) is 5.56 Å². The van der Waals surface area contributed by atoms with Gasteiger partial charge in [-0.3, -0.25) is 0 Å². The minimum Gasteiger partial charge on any atom is -0.507 e. The van der Waals surface area contributed by atoms with E-state index in [0.717, 1.165) is 12.3 Å². The van der Waals surface area contributed by atoms with Crippen LogP contribution in [0.5, 0.6) is 5.75 Å². The second kappa shape index (κ2) is 2.75. The fraction of sp³-hybridized carbons (Fsp3) is 0.167. The lowest BCUT2D eigenvalue weighted by molar-refractivity contribution is 0.440. The van der Waals surface area contributed by atoms with Crippen molar-refractivity contribution in [2.24, 2.45) is 0 Å². The molecule has 1 aromatic rings. The Hall–Kier alpha value is -0.960. The van der Waals surface area contributed by atoms with E-state index >= 15 is 0 Å². The normalized spacial score (nSPS) is 9.70. The Kier molecular flexibility index (Phi) is 1.97. The second-order valence-electron chi connectivity index (χ2n) is 1.74. The van der Waals surface area contributed by atoms with Gasteiger partial charge in [0.15, 0.2) is 0 Å². The molecule has 0 saturated heterocycles. The van der Waals surface area contributed by atoms with Crippen LogP contribution in [0.25, 0.3) is 0 Å². The zero-order valence-corrected chi connectivity index (χ0v) is 5.76. The first kappa shape index (κ1) is 7.15. The van der Waals surface area contributed by atoms with E-state index in [1.165, 1.54) is 0 Å². The van der Waals surface area contributed by atoms with Gasteiger partial charge < -0.3 is 9.52 Å². The van der Waals surface area contributed by atoms with Crippen LogP contribution in [0.4, 0.5) is 0 Å². The predicted octanol–water partition coefficient (Wildman–Crippen LogP) is 1.08. The summed E-state index contributed by atoms with van der Waals surface area (Å²) in [4.78, 5) is 10.4. The van der Waals surface area contributed by atoms with Crippen molar-refractivity contribution in [3.63, 3.8) is 0 Å². The molecule has 54 valence electrons. The molecule has 0 bridgehead atoms. The lowest BCUT2D eigenvalue weighted by Gasteiger charge is -1.94. The van der Waals surface area contributed by atoms with Gasteiger partial charge in [-0.15, -0.1) is 11.6 Å². The molecule has 1 aromatic heterocycles. The van der Waals surface area contributed by atoms with Crippen LogP contribution in [0, 0.1) is 0 Å². The van der Waals surface area contributed by atoms with Gasteiger partial charge in [0.2, 0.25) is 0 Å². The van der Waals surface area contributed by atoms with Gasteiger partial charge in [-0.05, 0) is 0 Å². The lowest BCUT2D eigenvalue weighted by Crippen LogP contribution is -1.95. The van der Waals surface area contributed by atoms with Crippen LogP contribution >= 0.6 is 11.6 Å². The number of hydrogen-bond acceptors (Lipinski definition) is 3. The third kappa shape index (κ3) is 1.30. The quantitative estimate of drug-likeness (QED) is 0.626. The molecule has 0 aliphatic carbocycles. The summed E-state index contributed by atoms with van der Waals surface area (Å²) >= 11 is 5.36. The molecule has 0 aliphatic rings. The molecule has 0 aliphatic heterocycles. The van der Waals surface area contributed by atoms with Crippen LogP contribution in [-0.4, -0.2) is 5.11 Å². The lowest BCUT2D eigenvalue weighted by atomic mass is 10.3. The van der Waals surface area contributed by atoms with Gasteiger partial charge in [-0.2, -0.15) is 0 Å². The molecule has 0 saturated carbocycles. The maximum atomic E-state index is 10.4. The number of alkyl halides is 1. The summed E-state index contributed by atoms with van der Waals surface area (Å²) in [5.74, 6) is 0.0153. The largest absolute Gasteiger partial charge is 0.507 e. The first-order valence-electron chi connectivity index (χ1n) is 2.60. The van der Waals surface area contributed by atoms with Gasteiger partial charge in [0, 0.05) is 5.56 Å². The summed E-state index contributed by atoms with van der Waals surface area (Å²) in [6.07, 6.45) is 1.14. The van der Waals surface area contributed by atoms with E-state index < -0.39 is 5.63 Å². The summed E-state index contributed by atoms with van der Waals surface area (Å²) < 4.78 is 4.43. The maximum Gasteiger partial charge on any atom is 0.339 e. The van der Waals surface area contributed by atoms with Crippen LogP contribution in [-0.2, 0) is 5.88 Å². The zero-order valence-electron chi connectivity index (χ0n) is 5.00. The minimum atomic E-state index is -0.577. The van der Waals surface area contributed by atoms with Crippen molar-refractivity contribution in [2.45, 2.75) is 5.88 Å². The molecule has 3 nitrogen and oxygen atoms in total. The average molecular weight is 161 g/mol. The highest BCUT2D eigenvalue weighted by Gasteiger charge is 1.99. The highest BCUT2D eigenvalue weighted by atomic mass is 35.5. The first-order chi connectivity index (χ1) is 4.74. The molecule has 0 radical (unpaired) electrons. The van der Waals surface area contributed by atoms with Crippen molar-refractivity contribution < 1.29 is 9.52 Å². The molecular weight excluding hydrogens is 156 g/mol.